The first-order valence-electron chi connectivity index (χ1n) is 8.72. The number of alkyl halides is 3. The largest absolute Gasteiger partial charge is 0.466 e. The molecule has 0 amide bonds. The van der Waals surface area contributed by atoms with E-state index in [0.29, 0.717) is 25.0 Å². The molecule has 0 atom stereocenters. The number of nitrogens with zero attached hydrogens (tertiary/aromatic N) is 3. The third-order valence-corrected chi connectivity index (χ3v) is 3.65. The molecule has 6 nitrogen and oxygen atoms in total. The van der Waals surface area contributed by atoms with Gasteiger partial charge in [0.2, 0.25) is 0 Å². The molecule has 2 rings (SSSR count). The Kier molecular flexibility index (Phi) is 7.91. The van der Waals surface area contributed by atoms with Gasteiger partial charge in [0.05, 0.1) is 24.6 Å². The van der Waals surface area contributed by atoms with Crippen LogP contribution in [-0.4, -0.2) is 35.1 Å². The third kappa shape index (κ3) is 6.64. The van der Waals surface area contributed by atoms with Gasteiger partial charge in [-0.2, -0.15) is 23.4 Å². The predicted molar refractivity (Wildman–Crippen MR) is 95.6 cm³/mol. The molecule has 0 saturated heterocycles. The van der Waals surface area contributed by atoms with Gasteiger partial charge in [0.1, 0.15) is 12.3 Å². The summed E-state index contributed by atoms with van der Waals surface area (Å²) in [5, 5.41) is 11.4. The SMILES string of the molecule is CCOC(=O)CCCCO/N=C(/c1ccnnc1)c1cccc(C(F)(F)F)c1. The van der Waals surface area contributed by atoms with Crippen molar-refractivity contribution in [2.45, 2.75) is 32.4 Å². The van der Waals surface area contributed by atoms with Gasteiger partial charge in [-0.05, 0) is 38.0 Å². The number of aromatic nitrogens is 2. The number of rotatable bonds is 9. The zero-order valence-corrected chi connectivity index (χ0v) is 15.3. The van der Waals surface area contributed by atoms with Crippen LogP contribution in [0.2, 0.25) is 0 Å². The Bertz CT molecular complexity index is 796. The number of carbonyl (C=O) groups excluding carboxylic acids is 1. The molecule has 0 aliphatic rings. The molecule has 1 aromatic heterocycles. The van der Waals surface area contributed by atoms with Gasteiger partial charge in [0.25, 0.3) is 0 Å². The lowest BCUT2D eigenvalue weighted by molar-refractivity contribution is -0.143. The molecule has 2 aromatic rings. The van der Waals surface area contributed by atoms with Crippen molar-refractivity contribution in [1.29, 1.82) is 0 Å². The van der Waals surface area contributed by atoms with Gasteiger partial charge >= 0.3 is 12.1 Å². The maximum atomic E-state index is 13.0. The standard InChI is InChI=1S/C19H20F3N3O3/c1-2-27-17(26)8-3-4-11-28-25-18(15-9-10-23-24-13-15)14-6-5-7-16(12-14)19(20,21)22/h5-7,9-10,12-13H,2-4,8,11H2,1H3/b25-18+. The van der Waals surface area contributed by atoms with Gasteiger partial charge in [0.15, 0.2) is 0 Å². The number of esters is 1. The van der Waals surface area contributed by atoms with E-state index in [2.05, 4.69) is 15.4 Å². The van der Waals surface area contributed by atoms with Gasteiger partial charge < -0.3 is 9.57 Å². The van der Waals surface area contributed by atoms with Gasteiger partial charge in [-0.15, -0.1) is 0 Å². The zero-order chi connectivity index (χ0) is 20.4. The average Bonchev–Trinajstić information content (AvgIpc) is 2.68. The number of oxime groups is 1. The molecular formula is C19H20F3N3O3. The molecule has 150 valence electrons. The minimum atomic E-state index is -4.47. The summed E-state index contributed by atoms with van der Waals surface area (Å²) < 4.78 is 43.9. The van der Waals surface area contributed by atoms with Crippen LogP contribution >= 0.6 is 0 Å². The minimum absolute atomic E-state index is 0.209. The average molecular weight is 395 g/mol. The van der Waals surface area contributed by atoms with Gasteiger partial charge in [-0.25, -0.2) is 0 Å². The van der Waals surface area contributed by atoms with Crippen LogP contribution in [0.3, 0.4) is 0 Å². The molecule has 0 radical (unpaired) electrons. The van der Waals surface area contributed by atoms with Crippen LogP contribution in [0.4, 0.5) is 13.2 Å². The summed E-state index contributed by atoms with van der Waals surface area (Å²) in [7, 11) is 0. The van der Waals surface area contributed by atoms with E-state index in [-0.39, 0.29) is 30.3 Å². The quantitative estimate of drug-likeness (QED) is 0.278. The van der Waals surface area contributed by atoms with E-state index in [0.717, 1.165) is 12.1 Å². The first-order valence-corrected chi connectivity index (χ1v) is 8.72. The molecule has 0 fully saturated rings. The van der Waals surface area contributed by atoms with Gasteiger partial charge in [0, 0.05) is 17.5 Å². The second kappa shape index (κ2) is 10.4. The van der Waals surface area contributed by atoms with E-state index in [9.17, 15) is 18.0 Å². The fourth-order valence-corrected chi connectivity index (χ4v) is 2.32. The fourth-order valence-electron chi connectivity index (χ4n) is 2.32. The zero-order valence-electron chi connectivity index (χ0n) is 15.3. The predicted octanol–water partition coefficient (Wildman–Crippen LogP) is 4.00. The molecule has 1 aromatic carbocycles. The summed E-state index contributed by atoms with van der Waals surface area (Å²) in [6.07, 6.45) is -0.279. The number of hydrogen-bond acceptors (Lipinski definition) is 6. The van der Waals surface area contributed by atoms with E-state index in [1.165, 1.54) is 24.5 Å². The van der Waals surface area contributed by atoms with Crippen LogP contribution in [0.25, 0.3) is 0 Å². The van der Waals surface area contributed by atoms with Crippen molar-refractivity contribution in [2.75, 3.05) is 13.2 Å². The lowest BCUT2D eigenvalue weighted by atomic mass is 10.0. The number of ether oxygens (including phenoxy) is 1. The number of hydrogen-bond donors (Lipinski definition) is 0. The molecule has 0 saturated carbocycles. The van der Waals surface area contributed by atoms with Crippen molar-refractivity contribution in [3.8, 4) is 0 Å². The maximum Gasteiger partial charge on any atom is 0.416 e. The van der Waals surface area contributed by atoms with Crippen LogP contribution in [0, 0.1) is 0 Å². The summed E-state index contributed by atoms with van der Waals surface area (Å²) in [4.78, 5) is 16.5. The number of benzene rings is 1. The molecule has 1 heterocycles. The second-order valence-corrected chi connectivity index (χ2v) is 5.74. The third-order valence-electron chi connectivity index (χ3n) is 3.65. The van der Waals surface area contributed by atoms with Crippen LogP contribution < -0.4 is 0 Å². The molecule has 0 aliphatic carbocycles. The van der Waals surface area contributed by atoms with E-state index in [1.807, 2.05) is 0 Å². The summed E-state index contributed by atoms with van der Waals surface area (Å²) in [5.74, 6) is -0.279. The second-order valence-electron chi connectivity index (χ2n) is 5.74. The highest BCUT2D eigenvalue weighted by atomic mass is 19.4. The first kappa shape index (κ1) is 21.3. The topological polar surface area (TPSA) is 73.7 Å². The smallest absolute Gasteiger partial charge is 0.416 e. The Balaban J connectivity index is 2.09. The van der Waals surface area contributed by atoms with Crippen LogP contribution in [-0.2, 0) is 20.5 Å². The normalized spacial score (nSPS) is 11.9. The molecule has 0 unspecified atom stereocenters. The Morgan fingerprint density at radius 3 is 2.64 bits per heavy atom. The van der Waals surface area contributed by atoms with E-state index in [1.54, 1.807) is 13.0 Å². The highest BCUT2D eigenvalue weighted by Gasteiger charge is 2.30. The molecule has 9 heteroatoms. The summed E-state index contributed by atoms with van der Waals surface area (Å²) >= 11 is 0. The molecule has 0 N–H and O–H groups in total. The summed E-state index contributed by atoms with van der Waals surface area (Å²) in [6.45, 7) is 2.28. The lowest BCUT2D eigenvalue weighted by Gasteiger charge is -2.11. The van der Waals surface area contributed by atoms with E-state index in [4.69, 9.17) is 9.57 Å². The van der Waals surface area contributed by atoms with Crippen molar-refractivity contribution >= 4 is 11.7 Å². The Morgan fingerprint density at radius 2 is 1.96 bits per heavy atom. The van der Waals surface area contributed by atoms with Crippen molar-refractivity contribution in [1.82, 2.24) is 10.2 Å². The fraction of sp³-hybridized carbons (Fsp3) is 0.368. The number of unbranched alkanes of at least 4 members (excludes halogenated alkanes) is 1. The van der Waals surface area contributed by atoms with E-state index < -0.39 is 11.7 Å². The number of carbonyl (C=O) groups is 1. The van der Waals surface area contributed by atoms with E-state index >= 15 is 0 Å². The Hall–Kier alpha value is -2.97. The highest BCUT2D eigenvalue weighted by Crippen LogP contribution is 2.30. The molecule has 0 aliphatic heterocycles. The van der Waals surface area contributed by atoms with Crippen molar-refractivity contribution < 1.29 is 27.5 Å². The Morgan fingerprint density at radius 1 is 1.14 bits per heavy atom. The van der Waals surface area contributed by atoms with Crippen molar-refractivity contribution in [3.63, 3.8) is 0 Å². The summed E-state index contributed by atoms with van der Waals surface area (Å²) in [5.41, 5.74) is 0.149. The van der Waals surface area contributed by atoms with Crippen LogP contribution in [0.15, 0.2) is 47.9 Å². The highest BCUT2D eigenvalue weighted by molar-refractivity contribution is 6.12. The molecule has 0 spiro atoms. The lowest BCUT2D eigenvalue weighted by Crippen LogP contribution is -2.10. The van der Waals surface area contributed by atoms with Crippen LogP contribution in [0.5, 0.6) is 0 Å². The minimum Gasteiger partial charge on any atom is -0.466 e. The molecule has 0 bridgehead atoms. The maximum absolute atomic E-state index is 13.0. The van der Waals surface area contributed by atoms with Gasteiger partial charge in [-0.3, -0.25) is 4.79 Å². The van der Waals surface area contributed by atoms with Crippen LogP contribution in [0.1, 0.15) is 42.9 Å². The molecule has 28 heavy (non-hydrogen) atoms. The first-order chi connectivity index (χ1) is 13.4. The Labute approximate surface area is 160 Å². The van der Waals surface area contributed by atoms with Gasteiger partial charge in [-0.1, -0.05) is 17.3 Å². The summed E-state index contributed by atoms with van der Waals surface area (Å²) in [6, 6.07) is 6.39. The molecular weight excluding hydrogens is 375 g/mol. The monoisotopic (exact) mass is 395 g/mol. The number of halogens is 3. The van der Waals surface area contributed by atoms with Crippen molar-refractivity contribution in [2.24, 2.45) is 5.16 Å². The van der Waals surface area contributed by atoms with Crippen molar-refractivity contribution in [3.05, 3.63) is 59.4 Å².